The molecule has 61 heavy (non-hydrogen) atoms. The fourth-order valence-corrected chi connectivity index (χ4v) is 10.3. The highest BCUT2D eigenvalue weighted by molar-refractivity contribution is 6.11. The average molecular weight is 777 g/mol. The molecule has 0 fully saturated rings. The first kappa shape index (κ1) is 35.0. The van der Waals surface area contributed by atoms with Gasteiger partial charge < -0.3 is 9.47 Å². The number of hydrogen-bond acceptors (Lipinski definition) is 1. The number of aromatic nitrogens is 1. The number of para-hydroxylation sites is 2. The van der Waals surface area contributed by atoms with Gasteiger partial charge >= 0.3 is 0 Å². The number of benzene rings is 10. The largest absolute Gasteiger partial charge is 0.310 e. The smallest absolute Gasteiger partial charge is 0.0713 e. The van der Waals surface area contributed by atoms with Crippen molar-refractivity contribution in [2.24, 2.45) is 0 Å². The van der Waals surface area contributed by atoms with Crippen LogP contribution in [0.15, 0.2) is 243 Å². The molecule has 0 aliphatic heterocycles. The summed E-state index contributed by atoms with van der Waals surface area (Å²) in [7, 11) is 0. The van der Waals surface area contributed by atoms with Crippen molar-refractivity contribution >= 4 is 49.6 Å². The van der Waals surface area contributed by atoms with Crippen molar-refractivity contribution in [2.75, 3.05) is 4.90 Å². The van der Waals surface area contributed by atoms with Crippen LogP contribution in [0.2, 0.25) is 0 Å². The van der Waals surface area contributed by atoms with Gasteiger partial charge in [0.05, 0.1) is 22.1 Å². The first-order valence-electron chi connectivity index (χ1n) is 21.1. The SMILES string of the molecule is c1ccc(-c2ccc(N(c3ccc4c(c3)-c3ccccc3C4(c3ccccc3)c3ccccc3)c3ccc4c5ccccc5n(-c5ccccc5)c4c3)c3ccccc23)cc1. The monoisotopic (exact) mass is 776 g/mol. The molecular formula is C59H40N2. The Morgan fingerprint density at radius 3 is 1.61 bits per heavy atom. The zero-order valence-electron chi connectivity index (χ0n) is 33.5. The van der Waals surface area contributed by atoms with Crippen LogP contribution in [-0.4, -0.2) is 4.57 Å². The van der Waals surface area contributed by atoms with Crippen molar-refractivity contribution in [3.63, 3.8) is 0 Å². The van der Waals surface area contributed by atoms with Crippen molar-refractivity contribution < 1.29 is 0 Å². The van der Waals surface area contributed by atoms with E-state index in [9.17, 15) is 0 Å². The standard InChI is InChI=1S/C59H40N2/c1-5-19-41(20-6-1)47-36-38-57(50-29-14-13-27-48(47)50)60(46-33-35-52-51-30-16-18-32-56(51)61(58(52)40-46)44-25-11-4-12-26-44)45-34-37-55-53(39-45)49-28-15-17-31-54(49)59(55,42-21-7-2-8-22-42)43-23-9-3-10-24-43/h1-40H. The number of fused-ring (bicyclic) bond motifs is 7. The summed E-state index contributed by atoms with van der Waals surface area (Å²) in [4.78, 5) is 2.48. The molecule has 0 amide bonds. The fraction of sp³-hybridized carbons (Fsp3) is 0.0169. The second-order valence-corrected chi connectivity index (χ2v) is 16.0. The molecule has 1 aliphatic carbocycles. The first-order chi connectivity index (χ1) is 30.3. The van der Waals surface area contributed by atoms with Crippen LogP contribution in [0.5, 0.6) is 0 Å². The highest BCUT2D eigenvalue weighted by Crippen LogP contribution is 2.57. The van der Waals surface area contributed by atoms with Gasteiger partial charge in [-0.3, -0.25) is 0 Å². The molecule has 286 valence electrons. The number of rotatable bonds is 7. The van der Waals surface area contributed by atoms with E-state index in [0.29, 0.717) is 0 Å². The van der Waals surface area contributed by atoms with E-state index in [2.05, 4.69) is 252 Å². The van der Waals surface area contributed by atoms with E-state index in [1.54, 1.807) is 0 Å². The van der Waals surface area contributed by atoms with Gasteiger partial charge in [-0.2, -0.15) is 0 Å². The minimum Gasteiger partial charge on any atom is -0.310 e. The Bertz CT molecular complexity index is 3360. The molecule has 0 spiro atoms. The summed E-state index contributed by atoms with van der Waals surface area (Å²) in [5.74, 6) is 0. The molecule has 2 heteroatoms. The van der Waals surface area contributed by atoms with E-state index >= 15 is 0 Å². The van der Waals surface area contributed by atoms with E-state index in [0.717, 1.165) is 22.7 Å². The van der Waals surface area contributed by atoms with Crippen molar-refractivity contribution in [3.8, 4) is 27.9 Å². The predicted octanol–water partition coefficient (Wildman–Crippen LogP) is 15.4. The number of anilines is 3. The molecule has 0 unspecified atom stereocenters. The van der Waals surface area contributed by atoms with Gasteiger partial charge in [-0.05, 0) is 98.4 Å². The second-order valence-electron chi connectivity index (χ2n) is 16.0. The van der Waals surface area contributed by atoms with E-state index < -0.39 is 5.41 Å². The maximum Gasteiger partial charge on any atom is 0.0713 e. The highest BCUT2D eigenvalue weighted by Gasteiger charge is 2.46. The van der Waals surface area contributed by atoms with E-state index in [1.807, 2.05) is 0 Å². The van der Waals surface area contributed by atoms with Gasteiger partial charge in [-0.25, -0.2) is 0 Å². The lowest BCUT2D eigenvalue weighted by molar-refractivity contribution is 0.768. The summed E-state index contributed by atoms with van der Waals surface area (Å²) < 4.78 is 2.41. The Kier molecular flexibility index (Phi) is 8.11. The van der Waals surface area contributed by atoms with E-state index in [-0.39, 0.29) is 0 Å². The van der Waals surface area contributed by atoms with Crippen LogP contribution >= 0.6 is 0 Å². The van der Waals surface area contributed by atoms with Crippen molar-refractivity contribution in [3.05, 3.63) is 265 Å². The van der Waals surface area contributed by atoms with Crippen molar-refractivity contribution in [1.82, 2.24) is 4.57 Å². The van der Waals surface area contributed by atoms with Gasteiger partial charge in [0.2, 0.25) is 0 Å². The molecule has 1 aliphatic rings. The van der Waals surface area contributed by atoms with Gasteiger partial charge in [0.1, 0.15) is 0 Å². The summed E-state index contributed by atoms with van der Waals surface area (Å²) >= 11 is 0. The Morgan fingerprint density at radius 1 is 0.328 bits per heavy atom. The molecule has 10 aromatic carbocycles. The molecule has 11 aromatic rings. The van der Waals surface area contributed by atoms with E-state index in [4.69, 9.17) is 0 Å². The summed E-state index contributed by atoms with van der Waals surface area (Å²) in [6.45, 7) is 0. The number of nitrogens with zero attached hydrogens (tertiary/aromatic N) is 2. The molecule has 0 saturated heterocycles. The summed E-state index contributed by atoms with van der Waals surface area (Å²) in [5, 5.41) is 4.88. The quantitative estimate of drug-likeness (QED) is 0.156. The minimum absolute atomic E-state index is 0.475. The van der Waals surface area contributed by atoms with Gasteiger partial charge in [-0.15, -0.1) is 0 Å². The van der Waals surface area contributed by atoms with Crippen molar-refractivity contribution in [1.29, 1.82) is 0 Å². The molecule has 1 aromatic heterocycles. The average Bonchev–Trinajstić information content (AvgIpc) is 3.83. The summed E-state index contributed by atoms with van der Waals surface area (Å²) in [6.07, 6.45) is 0. The molecular weight excluding hydrogens is 737 g/mol. The predicted molar refractivity (Wildman–Crippen MR) is 256 cm³/mol. The Labute approximate surface area is 355 Å². The fourth-order valence-electron chi connectivity index (χ4n) is 10.3. The summed E-state index contributed by atoms with van der Waals surface area (Å²) in [5.41, 5.74) is 16.4. The minimum atomic E-state index is -0.475. The lowest BCUT2D eigenvalue weighted by Crippen LogP contribution is -2.28. The molecule has 2 nitrogen and oxygen atoms in total. The Morgan fingerprint density at radius 2 is 0.869 bits per heavy atom. The third kappa shape index (κ3) is 5.36. The summed E-state index contributed by atoms with van der Waals surface area (Å²) in [6, 6.07) is 89.1. The first-order valence-corrected chi connectivity index (χ1v) is 21.1. The Hall–Kier alpha value is -7.94. The highest BCUT2D eigenvalue weighted by atomic mass is 15.1. The van der Waals surface area contributed by atoms with Gasteiger partial charge in [0, 0.05) is 33.2 Å². The third-order valence-electron chi connectivity index (χ3n) is 12.9. The zero-order chi connectivity index (χ0) is 40.3. The van der Waals surface area contributed by atoms with Crippen LogP contribution in [-0.2, 0) is 5.41 Å². The van der Waals surface area contributed by atoms with Crippen LogP contribution in [0, 0.1) is 0 Å². The lowest BCUT2D eigenvalue weighted by Gasteiger charge is -2.34. The van der Waals surface area contributed by atoms with Crippen molar-refractivity contribution in [2.45, 2.75) is 5.41 Å². The topological polar surface area (TPSA) is 8.17 Å². The molecule has 12 rings (SSSR count). The molecule has 0 N–H and O–H groups in total. The molecule has 0 radical (unpaired) electrons. The lowest BCUT2D eigenvalue weighted by atomic mass is 9.68. The molecule has 0 atom stereocenters. The second kappa shape index (κ2) is 14.1. The maximum atomic E-state index is 2.48. The third-order valence-corrected chi connectivity index (χ3v) is 12.9. The normalized spacial score (nSPS) is 12.7. The number of hydrogen-bond donors (Lipinski definition) is 0. The Balaban J connectivity index is 1.15. The molecule has 1 heterocycles. The van der Waals surface area contributed by atoms with Gasteiger partial charge in [-0.1, -0.05) is 194 Å². The van der Waals surface area contributed by atoms with E-state index in [1.165, 1.54) is 77.1 Å². The van der Waals surface area contributed by atoms with Crippen LogP contribution < -0.4 is 4.90 Å². The van der Waals surface area contributed by atoms with Crippen LogP contribution in [0.1, 0.15) is 22.3 Å². The van der Waals surface area contributed by atoms with Crippen LogP contribution in [0.3, 0.4) is 0 Å². The van der Waals surface area contributed by atoms with Crippen LogP contribution in [0.4, 0.5) is 17.1 Å². The molecule has 0 bridgehead atoms. The zero-order valence-corrected chi connectivity index (χ0v) is 33.5. The van der Waals surface area contributed by atoms with Crippen LogP contribution in [0.25, 0.3) is 60.5 Å². The van der Waals surface area contributed by atoms with Gasteiger partial charge in [0.15, 0.2) is 0 Å². The maximum absolute atomic E-state index is 2.48. The van der Waals surface area contributed by atoms with Gasteiger partial charge in [0.25, 0.3) is 0 Å². The molecule has 0 saturated carbocycles.